The molecule has 1 aromatic rings. The highest BCUT2D eigenvalue weighted by Crippen LogP contribution is 2.28. The van der Waals surface area contributed by atoms with Gasteiger partial charge < -0.3 is 9.47 Å². The maximum Gasteiger partial charge on any atom is 0.161 e. The fourth-order valence-corrected chi connectivity index (χ4v) is 2.76. The Hall–Kier alpha value is -1.55. The van der Waals surface area contributed by atoms with Gasteiger partial charge in [0.15, 0.2) is 11.5 Å². The van der Waals surface area contributed by atoms with Crippen molar-refractivity contribution in [2.75, 3.05) is 32.8 Å². The molecule has 2 rings (SSSR count). The molecule has 0 N–H and O–H groups in total. The summed E-state index contributed by atoms with van der Waals surface area (Å²) in [5.41, 5.74) is 0.607. The number of benzene rings is 1. The first-order valence-electron chi connectivity index (χ1n) is 7.80. The minimum Gasteiger partial charge on any atom is -0.490 e. The SMILES string of the molecule is CCOc1cc(C=O)ccc1OCCN1CCCC(C)C1. The maximum absolute atomic E-state index is 10.8. The van der Waals surface area contributed by atoms with E-state index in [1.165, 1.54) is 12.8 Å². The number of piperidine rings is 1. The number of nitrogens with zero attached hydrogens (tertiary/aromatic N) is 1. The fraction of sp³-hybridized carbons (Fsp3) is 0.588. The molecule has 0 aliphatic carbocycles. The summed E-state index contributed by atoms with van der Waals surface area (Å²) in [4.78, 5) is 13.3. The summed E-state index contributed by atoms with van der Waals surface area (Å²) in [5, 5.41) is 0. The topological polar surface area (TPSA) is 38.8 Å². The summed E-state index contributed by atoms with van der Waals surface area (Å²) >= 11 is 0. The summed E-state index contributed by atoms with van der Waals surface area (Å²) in [7, 11) is 0. The Labute approximate surface area is 127 Å². The number of hydrogen-bond acceptors (Lipinski definition) is 4. The molecule has 0 amide bonds. The van der Waals surface area contributed by atoms with E-state index in [0.29, 0.717) is 30.3 Å². The molecule has 0 spiro atoms. The third-order valence-electron chi connectivity index (χ3n) is 3.81. The minimum atomic E-state index is 0.558. The van der Waals surface area contributed by atoms with Crippen molar-refractivity contribution in [1.82, 2.24) is 4.90 Å². The highest BCUT2D eigenvalue weighted by atomic mass is 16.5. The van der Waals surface area contributed by atoms with Gasteiger partial charge in [0.05, 0.1) is 6.61 Å². The highest BCUT2D eigenvalue weighted by Gasteiger charge is 2.16. The molecule has 0 bridgehead atoms. The largest absolute Gasteiger partial charge is 0.490 e. The molecule has 1 atom stereocenters. The number of rotatable bonds is 7. The predicted molar refractivity (Wildman–Crippen MR) is 83.3 cm³/mol. The van der Waals surface area contributed by atoms with E-state index in [9.17, 15) is 4.79 Å². The van der Waals surface area contributed by atoms with Gasteiger partial charge in [0.1, 0.15) is 12.9 Å². The second-order valence-corrected chi connectivity index (χ2v) is 5.65. The Morgan fingerprint density at radius 2 is 2.19 bits per heavy atom. The van der Waals surface area contributed by atoms with Crippen LogP contribution in [0.25, 0.3) is 0 Å². The summed E-state index contributed by atoms with van der Waals surface area (Å²) in [6.45, 7) is 8.69. The van der Waals surface area contributed by atoms with Crippen LogP contribution in [0.15, 0.2) is 18.2 Å². The van der Waals surface area contributed by atoms with Crippen LogP contribution < -0.4 is 9.47 Å². The lowest BCUT2D eigenvalue weighted by atomic mass is 10.0. The number of ether oxygens (including phenoxy) is 2. The molecule has 1 aliphatic rings. The van der Waals surface area contributed by atoms with Crippen molar-refractivity contribution in [2.24, 2.45) is 5.92 Å². The van der Waals surface area contributed by atoms with Crippen LogP contribution in [0.3, 0.4) is 0 Å². The molecule has 4 nitrogen and oxygen atoms in total. The molecule has 0 radical (unpaired) electrons. The first kappa shape index (κ1) is 15.8. The molecule has 21 heavy (non-hydrogen) atoms. The average molecular weight is 291 g/mol. The Morgan fingerprint density at radius 3 is 2.90 bits per heavy atom. The Morgan fingerprint density at radius 1 is 1.33 bits per heavy atom. The average Bonchev–Trinajstić information content (AvgIpc) is 2.49. The van der Waals surface area contributed by atoms with E-state index in [-0.39, 0.29) is 0 Å². The van der Waals surface area contributed by atoms with Crippen LogP contribution in [-0.2, 0) is 0 Å². The molecule has 1 saturated heterocycles. The number of carbonyl (C=O) groups is 1. The summed E-state index contributed by atoms with van der Waals surface area (Å²) in [6.07, 6.45) is 3.43. The fourth-order valence-electron chi connectivity index (χ4n) is 2.76. The second-order valence-electron chi connectivity index (χ2n) is 5.65. The van der Waals surface area contributed by atoms with Gasteiger partial charge in [-0.2, -0.15) is 0 Å². The molecule has 1 unspecified atom stereocenters. The van der Waals surface area contributed by atoms with Crippen LogP contribution in [0.4, 0.5) is 0 Å². The van der Waals surface area contributed by atoms with Gasteiger partial charge in [-0.15, -0.1) is 0 Å². The molecule has 1 aliphatic heterocycles. The normalized spacial score (nSPS) is 19.2. The van der Waals surface area contributed by atoms with Crippen LogP contribution in [-0.4, -0.2) is 44.0 Å². The third kappa shape index (κ3) is 4.74. The van der Waals surface area contributed by atoms with Gasteiger partial charge in [-0.25, -0.2) is 0 Å². The van der Waals surface area contributed by atoms with E-state index in [4.69, 9.17) is 9.47 Å². The number of aldehydes is 1. The molecule has 4 heteroatoms. The van der Waals surface area contributed by atoms with Crippen molar-refractivity contribution in [1.29, 1.82) is 0 Å². The van der Waals surface area contributed by atoms with Crippen LogP contribution in [0.5, 0.6) is 11.5 Å². The highest BCUT2D eigenvalue weighted by molar-refractivity contribution is 5.76. The van der Waals surface area contributed by atoms with Crippen molar-refractivity contribution < 1.29 is 14.3 Å². The van der Waals surface area contributed by atoms with Crippen LogP contribution >= 0.6 is 0 Å². The summed E-state index contributed by atoms with van der Waals surface area (Å²) < 4.78 is 11.4. The van der Waals surface area contributed by atoms with Crippen molar-refractivity contribution in [2.45, 2.75) is 26.7 Å². The molecular weight excluding hydrogens is 266 g/mol. The van der Waals surface area contributed by atoms with Crippen molar-refractivity contribution >= 4 is 6.29 Å². The van der Waals surface area contributed by atoms with E-state index in [1.54, 1.807) is 12.1 Å². The van der Waals surface area contributed by atoms with E-state index in [0.717, 1.165) is 31.8 Å². The van der Waals surface area contributed by atoms with Gasteiger partial charge >= 0.3 is 0 Å². The maximum atomic E-state index is 10.8. The van der Waals surface area contributed by atoms with Crippen LogP contribution in [0.2, 0.25) is 0 Å². The van der Waals surface area contributed by atoms with E-state index >= 15 is 0 Å². The van der Waals surface area contributed by atoms with Gasteiger partial charge in [-0.1, -0.05) is 6.92 Å². The smallest absolute Gasteiger partial charge is 0.161 e. The van der Waals surface area contributed by atoms with E-state index in [1.807, 2.05) is 13.0 Å². The van der Waals surface area contributed by atoms with Crippen molar-refractivity contribution in [3.05, 3.63) is 23.8 Å². The molecule has 116 valence electrons. The molecular formula is C17H25NO3. The van der Waals surface area contributed by atoms with Crippen LogP contribution in [0, 0.1) is 5.92 Å². The van der Waals surface area contributed by atoms with Gasteiger partial charge in [0.25, 0.3) is 0 Å². The lowest BCUT2D eigenvalue weighted by molar-refractivity contribution is 0.112. The Bertz CT molecular complexity index is 461. The molecule has 0 saturated carbocycles. The lowest BCUT2D eigenvalue weighted by Crippen LogP contribution is -2.37. The van der Waals surface area contributed by atoms with Crippen molar-refractivity contribution in [3.63, 3.8) is 0 Å². The monoisotopic (exact) mass is 291 g/mol. The van der Waals surface area contributed by atoms with E-state index in [2.05, 4.69) is 11.8 Å². The zero-order chi connectivity index (χ0) is 15.1. The zero-order valence-corrected chi connectivity index (χ0v) is 13.0. The summed E-state index contributed by atoms with van der Waals surface area (Å²) in [6, 6.07) is 5.30. The predicted octanol–water partition coefficient (Wildman–Crippen LogP) is 3.01. The third-order valence-corrected chi connectivity index (χ3v) is 3.81. The first-order chi connectivity index (χ1) is 10.2. The van der Waals surface area contributed by atoms with Crippen molar-refractivity contribution in [3.8, 4) is 11.5 Å². The van der Waals surface area contributed by atoms with Gasteiger partial charge in [-0.05, 0) is 50.4 Å². The number of likely N-dealkylation sites (tertiary alicyclic amines) is 1. The van der Waals surface area contributed by atoms with Gasteiger partial charge in [0.2, 0.25) is 0 Å². The first-order valence-corrected chi connectivity index (χ1v) is 7.80. The van der Waals surface area contributed by atoms with E-state index < -0.39 is 0 Å². The standard InChI is InChI=1S/C17H25NO3/c1-3-20-17-11-15(13-19)6-7-16(17)21-10-9-18-8-4-5-14(2)12-18/h6-7,11,13-14H,3-5,8-10,12H2,1-2H3. The van der Waals surface area contributed by atoms with Gasteiger partial charge in [-0.3, -0.25) is 9.69 Å². The number of carbonyl (C=O) groups excluding carboxylic acids is 1. The second kappa shape index (κ2) is 8.03. The summed E-state index contributed by atoms with van der Waals surface area (Å²) in [5.74, 6) is 2.14. The molecule has 1 heterocycles. The lowest BCUT2D eigenvalue weighted by Gasteiger charge is -2.30. The molecule has 1 aromatic carbocycles. The molecule has 0 aromatic heterocycles. The number of hydrogen-bond donors (Lipinski definition) is 0. The molecule has 1 fully saturated rings. The van der Waals surface area contributed by atoms with Gasteiger partial charge in [0, 0.05) is 18.7 Å². The Balaban J connectivity index is 1.88. The quantitative estimate of drug-likeness (QED) is 0.724. The van der Waals surface area contributed by atoms with Crippen LogP contribution in [0.1, 0.15) is 37.0 Å². The zero-order valence-electron chi connectivity index (χ0n) is 13.0. The minimum absolute atomic E-state index is 0.558. The Kier molecular flexibility index (Phi) is 6.05.